The fourth-order valence-corrected chi connectivity index (χ4v) is 4.59. The van der Waals surface area contributed by atoms with Gasteiger partial charge in [0.1, 0.15) is 0 Å². The van der Waals surface area contributed by atoms with Crippen molar-refractivity contribution in [2.75, 3.05) is 0 Å². The van der Waals surface area contributed by atoms with E-state index in [1.807, 2.05) is 0 Å². The molecule has 0 fully saturated rings. The molecule has 0 aliphatic rings. The molecular formula is C34H36Cl2SiZr-4. The van der Waals surface area contributed by atoms with E-state index < -0.39 is 0 Å². The Balaban J connectivity index is 0.000000668. The Morgan fingerprint density at radius 2 is 1.13 bits per heavy atom. The Morgan fingerprint density at radius 3 is 1.79 bits per heavy atom. The van der Waals surface area contributed by atoms with Crippen molar-refractivity contribution in [3.8, 4) is 11.1 Å². The number of fused-ring (bicyclic) bond motifs is 3. The summed E-state index contributed by atoms with van der Waals surface area (Å²) < 4.78 is 0. The van der Waals surface area contributed by atoms with E-state index in [4.69, 9.17) is 0 Å². The monoisotopic (exact) mass is 632 g/mol. The second kappa shape index (κ2) is 16.9. The van der Waals surface area contributed by atoms with Crippen LogP contribution in [0.3, 0.4) is 0 Å². The maximum absolute atomic E-state index is 3.06. The van der Waals surface area contributed by atoms with Gasteiger partial charge >= 0.3 is 30.2 Å². The molecule has 0 amide bonds. The topological polar surface area (TPSA) is 0 Å². The van der Waals surface area contributed by atoms with Crippen molar-refractivity contribution in [2.24, 2.45) is 0 Å². The molecule has 0 bridgehead atoms. The molecule has 0 spiro atoms. The van der Waals surface area contributed by atoms with Crippen LogP contribution in [-0.4, -0.2) is 6.88 Å². The van der Waals surface area contributed by atoms with Crippen molar-refractivity contribution in [3.05, 3.63) is 135 Å². The molecule has 0 nitrogen and oxygen atoms in total. The molecule has 6 aromatic carbocycles. The third-order valence-electron chi connectivity index (χ3n) is 6.28. The van der Waals surface area contributed by atoms with E-state index in [-0.39, 0.29) is 39.7 Å². The third kappa shape index (κ3) is 8.03. The Kier molecular flexibility index (Phi) is 16.0. The van der Waals surface area contributed by atoms with E-state index in [0.29, 0.717) is 5.92 Å². The van der Waals surface area contributed by atoms with E-state index in [1.165, 1.54) is 77.9 Å². The molecule has 0 aromatic heterocycles. The molecule has 0 N–H and O–H groups in total. The van der Waals surface area contributed by atoms with Crippen LogP contribution < -0.4 is 0 Å². The minimum atomic E-state index is 0. The summed E-state index contributed by atoms with van der Waals surface area (Å²) >= 11 is 1.36. The van der Waals surface area contributed by atoms with E-state index in [9.17, 15) is 0 Å². The van der Waals surface area contributed by atoms with Crippen molar-refractivity contribution in [1.82, 2.24) is 0 Å². The van der Waals surface area contributed by atoms with Crippen molar-refractivity contribution in [2.45, 2.75) is 26.7 Å². The number of aryl methyl sites for hydroxylation is 1. The summed E-state index contributed by atoms with van der Waals surface area (Å²) in [4.78, 5) is 0. The third-order valence-corrected chi connectivity index (χ3v) is 6.28. The zero-order chi connectivity index (χ0) is 24.1. The summed E-state index contributed by atoms with van der Waals surface area (Å²) in [6.07, 6.45) is 0. The summed E-state index contributed by atoms with van der Waals surface area (Å²) in [5.41, 5.74) is 5.41. The Morgan fingerprint density at radius 1 is 0.605 bits per heavy atom. The SMILES string of the molecule is CC(C)c1cc2ccccc2[cH-]1.Cc1cc2c(-c3cccc4ccccc34)cccc2[cH-]1.Cl.Cl.[CH3-].[CH3-].[Si]=[Zr]. The van der Waals surface area contributed by atoms with Crippen LogP contribution in [0.5, 0.6) is 0 Å². The molecule has 6 aromatic rings. The van der Waals surface area contributed by atoms with Crippen molar-refractivity contribution in [1.29, 1.82) is 0 Å². The van der Waals surface area contributed by atoms with Crippen molar-refractivity contribution >= 4 is 64.0 Å². The first-order valence-electron chi connectivity index (χ1n) is 11.6. The molecule has 0 atom stereocenters. The number of hydrogen-bond donors (Lipinski definition) is 0. The van der Waals surface area contributed by atoms with Crippen LogP contribution in [0.1, 0.15) is 30.9 Å². The van der Waals surface area contributed by atoms with E-state index >= 15 is 0 Å². The van der Waals surface area contributed by atoms with Crippen LogP contribution in [0.2, 0.25) is 0 Å². The minimum absolute atomic E-state index is 0. The van der Waals surface area contributed by atoms with Gasteiger partial charge in [-0.1, -0.05) is 80.9 Å². The van der Waals surface area contributed by atoms with Gasteiger partial charge in [-0.05, 0) is 22.3 Å². The summed E-state index contributed by atoms with van der Waals surface area (Å²) in [5, 5.41) is 8.02. The van der Waals surface area contributed by atoms with Gasteiger partial charge in [-0.15, -0.1) is 100.0 Å². The van der Waals surface area contributed by atoms with Crippen LogP contribution in [-0.2, 0) is 23.3 Å². The van der Waals surface area contributed by atoms with E-state index in [2.05, 4.69) is 137 Å². The first-order valence-corrected chi connectivity index (χ1v) is 15.8. The van der Waals surface area contributed by atoms with E-state index in [1.54, 1.807) is 0 Å². The molecule has 4 heteroatoms. The molecule has 6 rings (SSSR count). The molecule has 38 heavy (non-hydrogen) atoms. The summed E-state index contributed by atoms with van der Waals surface area (Å²) in [5.74, 6) is 0.636. The van der Waals surface area contributed by atoms with Gasteiger partial charge in [0.15, 0.2) is 0 Å². The zero-order valence-corrected chi connectivity index (χ0v) is 27.9. The van der Waals surface area contributed by atoms with Crippen LogP contribution in [0.4, 0.5) is 0 Å². The Hall–Kier alpha value is -1.96. The normalized spacial score (nSPS) is 9.55. The number of hydrogen-bond acceptors (Lipinski definition) is 0. The standard InChI is InChI=1S/C20H15.C12H13.2CH3.2ClH.Si.Zr/c1-14-12-16-8-5-11-19(20(16)13-14)18-10-4-7-15-6-2-3-9-17(15)18;1-9(2)12-7-10-5-3-4-6-11(10)8-12;;;;;;/h2-13H,1H3;3-9H,1-2H3;2*1H3;2*1H;;/q4*-1;;;;. The average Bonchev–Trinajstić information content (AvgIpc) is 3.48. The Labute approximate surface area is 258 Å². The van der Waals surface area contributed by atoms with Crippen LogP contribution in [0.15, 0.2) is 109 Å². The maximum atomic E-state index is 3.06. The number of rotatable bonds is 2. The number of halogens is 2. The van der Waals surface area contributed by atoms with Gasteiger partial charge < -0.3 is 14.9 Å². The summed E-state index contributed by atoms with van der Waals surface area (Å²) in [6, 6.07) is 39.3. The first-order chi connectivity index (χ1) is 16.6. The molecule has 0 saturated carbocycles. The quantitative estimate of drug-likeness (QED) is 0.131. The fourth-order valence-electron chi connectivity index (χ4n) is 4.59. The number of benzene rings is 4. The van der Waals surface area contributed by atoms with Crippen molar-refractivity contribution < 1.29 is 23.3 Å². The van der Waals surface area contributed by atoms with Gasteiger partial charge in [-0.3, -0.25) is 0 Å². The van der Waals surface area contributed by atoms with Gasteiger partial charge in [-0.25, -0.2) is 0 Å². The van der Waals surface area contributed by atoms with Gasteiger partial charge in [-0.2, -0.15) is 12.1 Å². The molecular weight excluding hydrogens is 599 g/mol. The van der Waals surface area contributed by atoms with Crippen LogP contribution in [0, 0.1) is 21.8 Å². The van der Waals surface area contributed by atoms with Gasteiger partial charge in [0.2, 0.25) is 0 Å². The molecule has 0 unspecified atom stereocenters. The Bertz CT molecular complexity index is 1510. The second-order valence-corrected chi connectivity index (χ2v) is 8.94. The fraction of sp³-hybridized carbons (Fsp3) is 0.118. The zero-order valence-electron chi connectivity index (χ0n) is 22.8. The van der Waals surface area contributed by atoms with E-state index in [0.717, 1.165) is 0 Å². The molecule has 0 aliphatic heterocycles. The first kappa shape index (κ1) is 36.0. The molecule has 0 aliphatic carbocycles. The molecule has 2 radical (unpaired) electrons. The summed E-state index contributed by atoms with van der Waals surface area (Å²) in [7, 11) is 0. The average molecular weight is 635 g/mol. The van der Waals surface area contributed by atoms with Crippen LogP contribution in [0.25, 0.3) is 43.4 Å². The molecule has 198 valence electrons. The van der Waals surface area contributed by atoms with Crippen molar-refractivity contribution in [3.63, 3.8) is 0 Å². The van der Waals surface area contributed by atoms with Gasteiger partial charge in [0.05, 0.1) is 0 Å². The van der Waals surface area contributed by atoms with Gasteiger partial charge in [0.25, 0.3) is 0 Å². The summed E-state index contributed by atoms with van der Waals surface area (Å²) in [6.45, 7) is 9.68. The predicted molar refractivity (Wildman–Crippen MR) is 174 cm³/mol. The molecule has 0 saturated heterocycles. The van der Waals surface area contributed by atoms with Crippen LogP contribution >= 0.6 is 24.8 Å². The predicted octanol–water partition coefficient (Wildman–Crippen LogP) is 10.7. The van der Waals surface area contributed by atoms with Gasteiger partial charge in [0, 0.05) is 0 Å². The molecule has 0 heterocycles. The second-order valence-electron chi connectivity index (χ2n) is 8.94.